The summed E-state index contributed by atoms with van der Waals surface area (Å²) < 4.78 is 13.8. The zero-order valence-electron chi connectivity index (χ0n) is 10.1. The van der Waals surface area contributed by atoms with E-state index in [0.29, 0.717) is 12.3 Å². The van der Waals surface area contributed by atoms with Gasteiger partial charge in [0, 0.05) is 22.1 Å². The van der Waals surface area contributed by atoms with Gasteiger partial charge < -0.3 is 5.73 Å². The van der Waals surface area contributed by atoms with Crippen molar-refractivity contribution in [1.29, 1.82) is 0 Å². The quantitative estimate of drug-likeness (QED) is 0.805. The van der Waals surface area contributed by atoms with Crippen LogP contribution in [0.25, 0.3) is 0 Å². The lowest BCUT2D eigenvalue weighted by molar-refractivity contribution is 0.513. The molecule has 1 aromatic heterocycles. The van der Waals surface area contributed by atoms with Gasteiger partial charge >= 0.3 is 0 Å². The Hall–Kier alpha value is -0.750. The molecule has 1 rings (SSSR count). The summed E-state index contributed by atoms with van der Waals surface area (Å²) in [4.78, 5) is 4.15. The zero-order chi connectivity index (χ0) is 12.1. The van der Waals surface area contributed by atoms with E-state index in [1.165, 1.54) is 6.33 Å². The van der Waals surface area contributed by atoms with Crippen molar-refractivity contribution in [1.82, 2.24) is 14.8 Å². The third-order valence-corrected chi connectivity index (χ3v) is 4.11. The van der Waals surface area contributed by atoms with Crippen LogP contribution >= 0.6 is 0 Å². The van der Waals surface area contributed by atoms with Gasteiger partial charge in [0.25, 0.3) is 0 Å². The molecule has 16 heavy (non-hydrogen) atoms. The van der Waals surface area contributed by atoms with E-state index >= 15 is 0 Å². The van der Waals surface area contributed by atoms with Crippen molar-refractivity contribution in [2.45, 2.75) is 44.2 Å². The molecule has 0 fully saturated rings. The van der Waals surface area contributed by atoms with Crippen LogP contribution in [0.15, 0.2) is 6.33 Å². The first kappa shape index (κ1) is 13.3. The van der Waals surface area contributed by atoms with Crippen LogP contribution in [0.2, 0.25) is 0 Å². The first-order chi connectivity index (χ1) is 7.56. The Bertz CT molecular complexity index is 350. The van der Waals surface area contributed by atoms with Crippen molar-refractivity contribution in [3.05, 3.63) is 12.2 Å². The Balaban J connectivity index is 2.66. The maximum atomic E-state index is 11.9. The summed E-state index contributed by atoms with van der Waals surface area (Å²) in [6.45, 7) is 6.59. The van der Waals surface area contributed by atoms with Gasteiger partial charge in [-0.2, -0.15) is 5.10 Å². The molecule has 5 nitrogen and oxygen atoms in total. The summed E-state index contributed by atoms with van der Waals surface area (Å²) in [7, 11) is -0.924. The van der Waals surface area contributed by atoms with E-state index in [0.717, 1.165) is 12.2 Å². The molecule has 0 aliphatic rings. The number of nitrogens with zero attached hydrogens (tertiary/aromatic N) is 3. The Morgan fingerprint density at radius 2 is 2.19 bits per heavy atom. The summed E-state index contributed by atoms with van der Waals surface area (Å²) in [6.07, 6.45) is 2.29. The fraction of sp³-hybridized carbons (Fsp3) is 0.800. The molecule has 0 saturated heterocycles. The second-order valence-corrected chi connectivity index (χ2v) is 5.98. The molecule has 6 heteroatoms. The monoisotopic (exact) mass is 244 g/mol. The van der Waals surface area contributed by atoms with Crippen molar-refractivity contribution in [3.63, 3.8) is 0 Å². The summed E-state index contributed by atoms with van der Waals surface area (Å²) in [6, 6.07) is 0.249. The van der Waals surface area contributed by atoms with Crippen molar-refractivity contribution < 1.29 is 4.21 Å². The molecule has 0 spiro atoms. The van der Waals surface area contributed by atoms with Gasteiger partial charge in [0.2, 0.25) is 0 Å². The number of aromatic nitrogens is 3. The lowest BCUT2D eigenvalue weighted by Gasteiger charge is -2.12. The van der Waals surface area contributed by atoms with Gasteiger partial charge in [0.15, 0.2) is 0 Å². The number of nitrogens with two attached hydrogens (primary N) is 1. The Morgan fingerprint density at radius 3 is 2.75 bits per heavy atom. The minimum atomic E-state index is -0.924. The number of hydrogen-bond donors (Lipinski definition) is 1. The van der Waals surface area contributed by atoms with Gasteiger partial charge in [0.05, 0.1) is 5.75 Å². The van der Waals surface area contributed by atoms with E-state index in [9.17, 15) is 4.21 Å². The SMILES string of the molecule is CC(C)n1ncnc1CS(=O)C(C)CCN. The van der Waals surface area contributed by atoms with Crippen molar-refractivity contribution in [2.75, 3.05) is 6.54 Å². The molecule has 0 aromatic carbocycles. The molecule has 92 valence electrons. The molecule has 2 atom stereocenters. The predicted molar refractivity (Wildman–Crippen MR) is 65.4 cm³/mol. The molecule has 2 N–H and O–H groups in total. The molecular weight excluding hydrogens is 224 g/mol. The Labute approximate surface area is 98.9 Å². The highest BCUT2D eigenvalue weighted by Crippen LogP contribution is 2.10. The largest absolute Gasteiger partial charge is 0.330 e. The van der Waals surface area contributed by atoms with E-state index in [1.807, 2.05) is 25.5 Å². The van der Waals surface area contributed by atoms with Gasteiger partial charge in [-0.25, -0.2) is 9.67 Å². The molecule has 0 saturated carbocycles. The zero-order valence-corrected chi connectivity index (χ0v) is 10.9. The highest BCUT2D eigenvalue weighted by molar-refractivity contribution is 7.84. The van der Waals surface area contributed by atoms with Gasteiger partial charge in [-0.3, -0.25) is 4.21 Å². The van der Waals surface area contributed by atoms with Crippen LogP contribution in [0.5, 0.6) is 0 Å². The van der Waals surface area contributed by atoms with Gasteiger partial charge in [-0.05, 0) is 26.8 Å². The van der Waals surface area contributed by atoms with Crippen molar-refractivity contribution in [2.24, 2.45) is 5.73 Å². The molecule has 0 aliphatic carbocycles. The van der Waals surface area contributed by atoms with Crippen LogP contribution in [0.1, 0.15) is 39.1 Å². The highest BCUT2D eigenvalue weighted by Gasteiger charge is 2.15. The van der Waals surface area contributed by atoms with E-state index in [1.54, 1.807) is 0 Å². The second-order valence-electron chi connectivity index (χ2n) is 4.13. The van der Waals surface area contributed by atoms with Crippen LogP contribution in [-0.2, 0) is 16.6 Å². The fourth-order valence-corrected chi connectivity index (χ4v) is 2.59. The van der Waals surface area contributed by atoms with Gasteiger partial charge in [-0.1, -0.05) is 6.92 Å². The lowest BCUT2D eigenvalue weighted by Crippen LogP contribution is -2.19. The average Bonchev–Trinajstić information content (AvgIpc) is 2.66. The fourth-order valence-electron chi connectivity index (χ4n) is 1.44. The van der Waals surface area contributed by atoms with E-state index in [2.05, 4.69) is 10.1 Å². The lowest BCUT2D eigenvalue weighted by atomic mass is 10.3. The molecule has 0 aliphatic heterocycles. The second kappa shape index (κ2) is 6.10. The molecule has 1 aromatic rings. The summed E-state index contributed by atoms with van der Waals surface area (Å²) >= 11 is 0. The summed E-state index contributed by atoms with van der Waals surface area (Å²) in [5, 5.41) is 4.23. The Kier molecular flexibility index (Phi) is 5.08. The topological polar surface area (TPSA) is 73.8 Å². The van der Waals surface area contributed by atoms with E-state index in [-0.39, 0.29) is 11.3 Å². The number of rotatable bonds is 6. The van der Waals surface area contributed by atoms with Crippen LogP contribution in [0.4, 0.5) is 0 Å². The average molecular weight is 244 g/mol. The highest BCUT2D eigenvalue weighted by atomic mass is 32.2. The molecular formula is C10H20N4OS. The maximum Gasteiger partial charge on any atom is 0.139 e. The molecule has 2 unspecified atom stereocenters. The normalized spacial score (nSPS) is 15.3. The van der Waals surface area contributed by atoms with Gasteiger partial charge in [-0.15, -0.1) is 0 Å². The smallest absolute Gasteiger partial charge is 0.139 e. The van der Waals surface area contributed by atoms with Crippen LogP contribution in [0, 0.1) is 0 Å². The van der Waals surface area contributed by atoms with Crippen molar-refractivity contribution in [3.8, 4) is 0 Å². The molecule has 0 amide bonds. The molecule has 0 radical (unpaired) electrons. The minimum absolute atomic E-state index is 0.113. The Morgan fingerprint density at radius 1 is 1.50 bits per heavy atom. The first-order valence-electron chi connectivity index (χ1n) is 5.51. The maximum absolute atomic E-state index is 11.9. The number of hydrogen-bond acceptors (Lipinski definition) is 4. The van der Waals surface area contributed by atoms with E-state index < -0.39 is 10.8 Å². The van der Waals surface area contributed by atoms with E-state index in [4.69, 9.17) is 5.73 Å². The standard InChI is InChI=1S/C10H20N4OS/c1-8(2)14-10(12-7-13-14)6-16(15)9(3)4-5-11/h7-9H,4-6,11H2,1-3H3. The van der Waals surface area contributed by atoms with Gasteiger partial charge in [0.1, 0.15) is 12.2 Å². The minimum Gasteiger partial charge on any atom is -0.330 e. The third kappa shape index (κ3) is 3.38. The molecule has 0 bridgehead atoms. The van der Waals surface area contributed by atoms with Crippen LogP contribution in [-0.4, -0.2) is 30.8 Å². The van der Waals surface area contributed by atoms with Crippen LogP contribution in [0.3, 0.4) is 0 Å². The summed E-state index contributed by atoms with van der Waals surface area (Å²) in [5.74, 6) is 1.25. The third-order valence-electron chi connectivity index (χ3n) is 2.43. The van der Waals surface area contributed by atoms with Crippen molar-refractivity contribution >= 4 is 10.8 Å². The molecule has 1 heterocycles. The first-order valence-corrected chi connectivity index (χ1v) is 6.90. The predicted octanol–water partition coefficient (Wildman–Crippen LogP) is 0.845. The summed E-state index contributed by atoms with van der Waals surface area (Å²) in [5.41, 5.74) is 5.45. The van der Waals surface area contributed by atoms with Crippen LogP contribution < -0.4 is 5.73 Å².